The molecule has 2 aromatic rings. The van der Waals surface area contributed by atoms with Crippen LogP contribution < -0.4 is 10.6 Å². The minimum Gasteiger partial charge on any atom is -0.383 e. The molecule has 30 heavy (non-hydrogen) atoms. The number of rotatable bonds is 11. The van der Waals surface area contributed by atoms with Crippen molar-refractivity contribution in [1.82, 2.24) is 5.32 Å². The molecule has 0 aliphatic rings. The van der Waals surface area contributed by atoms with Crippen molar-refractivity contribution in [2.75, 3.05) is 37.1 Å². The number of carbonyl (C=O) groups excluding carboxylic acids is 2. The van der Waals surface area contributed by atoms with Gasteiger partial charge in [-0.2, -0.15) is 0 Å². The van der Waals surface area contributed by atoms with Crippen LogP contribution in [0, 0.1) is 0 Å². The number of carbonyl (C=O) groups is 2. The maximum Gasteiger partial charge on any atom is 0.252 e. The van der Waals surface area contributed by atoms with Crippen LogP contribution in [-0.4, -0.2) is 52.0 Å². The number of hydrogen-bond donors (Lipinski definition) is 2. The molecule has 9 heteroatoms. The first kappa shape index (κ1) is 23.9. The number of aryl methyl sites for hydroxylation is 1. The van der Waals surface area contributed by atoms with Gasteiger partial charge in [-0.15, -0.1) is 0 Å². The number of nitrogens with one attached hydrogen (secondary N) is 2. The second kappa shape index (κ2) is 11.7. The molecule has 162 valence electrons. The third kappa shape index (κ3) is 8.14. The van der Waals surface area contributed by atoms with Crippen LogP contribution >= 0.6 is 11.6 Å². The summed E-state index contributed by atoms with van der Waals surface area (Å²) in [7, 11) is -2.01. The molecule has 0 aromatic heterocycles. The minimum absolute atomic E-state index is 0.0728. The number of anilines is 1. The predicted octanol–water partition coefficient (Wildman–Crippen LogP) is 2.70. The lowest BCUT2D eigenvalue weighted by Gasteiger charge is -2.10. The van der Waals surface area contributed by atoms with Crippen LogP contribution in [0.15, 0.2) is 48.5 Å². The predicted molar refractivity (Wildman–Crippen MR) is 118 cm³/mol. The van der Waals surface area contributed by atoms with Gasteiger partial charge in [0.15, 0.2) is 9.84 Å². The summed E-state index contributed by atoms with van der Waals surface area (Å²) >= 11 is 6.12. The molecule has 0 atom stereocenters. The van der Waals surface area contributed by atoms with Crippen LogP contribution in [0.4, 0.5) is 5.69 Å². The van der Waals surface area contributed by atoms with E-state index < -0.39 is 21.5 Å². The number of amides is 2. The third-order valence-electron chi connectivity index (χ3n) is 4.20. The molecular weight excluding hydrogens is 428 g/mol. The summed E-state index contributed by atoms with van der Waals surface area (Å²) in [6.07, 6.45) is 1.07. The average molecular weight is 453 g/mol. The zero-order chi connectivity index (χ0) is 22.0. The van der Waals surface area contributed by atoms with E-state index in [4.69, 9.17) is 16.3 Å². The van der Waals surface area contributed by atoms with Crippen LogP contribution in [0.2, 0.25) is 5.02 Å². The third-order valence-corrected chi connectivity index (χ3v) is 6.13. The van der Waals surface area contributed by atoms with Crippen molar-refractivity contribution >= 4 is 38.9 Å². The van der Waals surface area contributed by atoms with E-state index in [0.717, 1.165) is 5.56 Å². The van der Waals surface area contributed by atoms with E-state index in [2.05, 4.69) is 10.6 Å². The highest BCUT2D eigenvalue weighted by Gasteiger charge is 2.17. The lowest BCUT2D eigenvalue weighted by molar-refractivity contribution is -0.113. The molecule has 2 N–H and O–H groups in total. The summed E-state index contributed by atoms with van der Waals surface area (Å²) in [5.74, 6) is -1.70. The van der Waals surface area contributed by atoms with Crippen molar-refractivity contribution in [2.24, 2.45) is 0 Å². The molecule has 0 fully saturated rings. The topological polar surface area (TPSA) is 102 Å². The first-order valence-electron chi connectivity index (χ1n) is 9.41. The van der Waals surface area contributed by atoms with Crippen molar-refractivity contribution in [3.8, 4) is 0 Å². The first-order valence-corrected chi connectivity index (χ1v) is 11.6. The Morgan fingerprint density at radius 3 is 2.50 bits per heavy atom. The molecule has 0 saturated carbocycles. The molecule has 0 aliphatic heterocycles. The van der Waals surface area contributed by atoms with Crippen LogP contribution in [0.1, 0.15) is 22.3 Å². The summed E-state index contributed by atoms with van der Waals surface area (Å²) in [6.45, 7) is 0.712. The summed E-state index contributed by atoms with van der Waals surface area (Å²) in [6, 6.07) is 13.9. The molecular formula is C21H25ClN2O5S. The highest BCUT2D eigenvalue weighted by molar-refractivity contribution is 7.92. The molecule has 0 saturated heterocycles. The van der Waals surface area contributed by atoms with Gasteiger partial charge in [0, 0.05) is 19.3 Å². The van der Waals surface area contributed by atoms with Crippen LogP contribution in [0.25, 0.3) is 0 Å². The molecule has 2 amide bonds. The van der Waals surface area contributed by atoms with E-state index >= 15 is 0 Å². The lowest BCUT2D eigenvalue weighted by atomic mass is 10.1. The Morgan fingerprint density at radius 1 is 1.10 bits per heavy atom. The van der Waals surface area contributed by atoms with Crippen molar-refractivity contribution < 1.29 is 22.7 Å². The number of halogens is 1. The molecule has 0 heterocycles. The smallest absolute Gasteiger partial charge is 0.252 e. The van der Waals surface area contributed by atoms with Gasteiger partial charge in [0.25, 0.3) is 5.91 Å². The van der Waals surface area contributed by atoms with Gasteiger partial charge in [-0.05, 0) is 36.6 Å². The number of sulfone groups is 1. The number of hydrogen-bond acceptors (Lipinski definition) is 5. The Bertz CT molecular complexity index is 965. The van der Waals surface area contributed by atoms with Gasteiger partial charge >= 0.3 is 0 Å². The van der Waals surface area contributed by atoms with Gasteiger partial charge in [-0.3, -0.25) is 9.59 Å². The Labute approximate surface area is 181 Å². The average Bonchev–Trinajstić information content (AvgIpc) is 2.68. The normalized spacial score (nSPS) is 11.1. The minimum atomic E-state index is -3.54. The fourth-order valence-electron chi connectivity index (χ4n) is 2.75. The van der Waals surface area contributed by atoms with Gasteiger partial charge in [-0.1, -0.05) is 41.9 Å². The molecule has 2 rings (SSSR count). The zero-order valence-electron chi connectivity index (χ0n) is 16.7. The van der Waals surface area contributed by atoms with Gasteiger partial charge in [0.2, 0.25) is 5.91 Å². The molecule has 0 aliphatic carbocycles. The van der Waals surface area contributed by atoms with Gasteiger partial charge in [0.1, 0.15) is 5.75 Å². The maximum atomic E-state index is 12.2. The zero-order valence-corrected chi connectivity index (χ0v) is 18.3. The van der Waals surface area contributed by atoms with Crippen molar-refractivity contribution in [2.45, 2.75) is 12.8 Å². The molecule has 2 aromatic carbocycles. The number of benzene rings is 2. The Balaban J connectivity index is 1.85. The number of ether oxygens (including phenoxy) is 1. The van der Waals surface area contributed by atoms with Gasteiger partial charge in [0.05, 0.1) is 22.9 Å². The van der Waals surface area contributed by atoms with E-state index in [-0.39, 0.29) is 22.2 Å². The molecule has 0 bridgehead atoms. The van der Waals surface area contributed by atoms with Gasteiger partial charge in [-0.25, -0.2) is 8.42 Å². The molecule has 0 radical (unpaired) electrons. The number of methoxy groups -OCH3 is 1. The van der Waals surface area contributed by atoms with E-state index in [0.29, 0.717) is 31.7 Å². The van der Waals surface area contributed by atoms with Crippen molar-refractivity contribution in [3.63, 3.8) is 0 Å². The molecule has 0 unspecified atom stereocenters. The first-order chi connectivity index (χ1) is 14.3. The van der Waals surface area contributed by atoms with E-state index in [1.165, 1.54) is 25.3 Å². The van der Waals surface area contributed by atoms with Crippen LogP contribution in [-0.2, 0) is 25.8 Å². The van der Waals surface area contributed by atoms with E-state index in [1.54, 1.807) is 0 Å². The second-order valence-electron chi connectivity index (χ2n) is 6.67. The standard InChI is InChI=1S/C21H25ClN2O5S/c1-29-12-11-23-21(26)18-10-9-17(14-19(18)22)24-20(25)15-30(27,28)13-5-8-16-6-3-2-4-7-16/h2-4,6-7,9-10,14H,5,8,11-13,15H2,1H3,(H,23,26)(H,24,25). The summed E-state index contributed by atoms with van der Waals surface area (Å²) in [4.78, 5) is 24.2. The summed E-state index contributed by atoms with van der Waals surface area (Å²) < 4.78 is 29.3. The fourth-order valence-corrected chi connectivity index (χ4v) is 4.22. The second-order valence-corrected chi connectivity index (χ2v) is 9.26. The fraction of sp³-hybridized carbons (Fsp3) is 0.333. The summed E-state index contributed by atoms with van der Waals surface area (Å²) in [5, 5.41) is 5.31. The Morgan fingerprint density at radius 2 is 1.83 bits per heavy atom. The highest BCUT2D eigenvalue weighted by Crippen LogP contribution is 2.21. The maximum absolute atomic E-state index is 12.2. The molecule has 7 nitrogen and oxygen atoms in total. The van der Waals surface area contributed by atoms with Crippen LogP contribution in [0.3, 0.4) is 0 Å². The monoisotopic (exact) mass is 452 g/mol. The van der Waals surface area contributed by atoms with Crippen LogP contribution in [0.5, 0.6) is 0 Å². The SMILES string of the molecule is COCCNC(=O)c1ccc(NC(=O)CS(=O)(=O)CCCc2ccccc2)cc1Cl. The Hall–Kier alpha value is -2.42. The largest absolute Gasteiger partial charge is 0.383 e. The summed E-state index contributed by atoms with van der Waals surface area (Å²) in [5.41, 5.74) is 1.62. The van der Waals surface area contributed by atoms with E-state index in [1.807, 2.05) is 30.3 Å². The highest BCUT2D eigenvalue weighted by atomic mass is 35.5. The Kier molecular flexibility index (Phi) is 9.29. The van der Waals surface area contributed by atoms with E-state index in [9.17, 15) is 18.0 Å². The van der Waals surface area contributed by atoms with Gasteiger partial charge < -0.3 is 15.4 Å². The molecule has 0 spiro atoms. The quantitative estimate of drug-likeness (QED) is 0.510. The lowest BCUT2D eigenvalue weighted by Crippen LogP contribution is -2.27. The van der Waals surface area contributed by atoms with Crippen molar-refractivity contribution in [3.05, 3.63) is 64.7 Å². The van der Waals surface area contributed by atoms with Crippen molar-refractivity contribution in [1.29, 1.82) is 0 Å².